The zero-order valence-electron chi connectivity index (χ0n) is 10.7. The number of aromatic nitrogens is 3. The van der Waals surface area contributed by atoms with Crippen molar-refractivity contribution in [3.8, 4) is 10.6 Å². The maximum atomic E-state index is 12.3. The molecule has 0 saturated carbocycles. The van der Waals surface area contributed by atoms with Gasteiger partial charge in [0.05, 0.1) is 23.1 Å². The second kappa shape index (κ2) is 4.94. The molecule has 0 saturated heterocycles. The Bertz CT molecular complexity index is 950. The fourth-order valence-corrected chi connectivity index (χ4v) is 3.50. The van der Waals surface area contributed by atoms with Crippen molar-refractivity contribution in [1.82, 2.24) is 14.7 Å². The smallest absolute Gasteiger partial charge is 0.262 e. The molecule has 0 spiro atoms. The number of nitrogens with zero attached hydrogens (tertiary/aromatic N) is 3. The summed E-state index contributed by atoms with van der Waals surface area (Å²) >= 11 is 3.05. The van der Waals surface area contributed by atoms with E-state index in [9.17, 15) is 4.79 Å². The molecule has 4 aromatic heterocycles. The maximum Gasteiger partial charge on any atom is 0.262 e. The van der Waals surface area contributed by atoms with Crippen LogP contribution in [0.2, 0.25) is 0 Å². The molecule has 0 fully saturated rings. The molecular weight excluding hydrogens is 306 g/mol. The van der Waals surface area contributed by atoms with Crippen LogP contribution in [0.25, 0.3) is 20.9 Å². The van der Waals surface area contributed by atoms with Gasteiger partial charge in [0.2, 0.25) is 0 Å². The third-order valence-electron chi connectivity index (χ3n) is 3.11. The summed E-state index contributed by atoms with van der Waals surface area (Å²) in [7, 11) is 0. The maximum absolute atomic E-state index is 12.3. The minimum absolute atomic E-state index is 0.0538. The van der Waals surface area contributed by atoms with Crippen molar-refractivity contribution >= 4 is 32.9 Å². The van der Waals surface area contributed by atoms with E-state index in [1.165, 1.54) is 11.3 Å². The number of hydrogen-bond donors (Lipinski definition) is 0. The van der Waals surface area contributed by atoms with Gasteiger partial charge < -0.3 is 4.52 Å². The molecule has 0 aliphatic carbocycles. The summed E-state index contributed by atoms with van der Waals surface area (Å²) in [6.07, 6.45) is 1.56. The molecule has 21 heavy (non-hydrogen) atoms. The van der Waals surface area contributed by atoms with Crippen molar-refractivity contribution in [1.29, 1.82) is 0 Å². The Morgan fingerprint density at radius 1 is 1.24 bits per heavy atom. The topological polar surface area (TPSA) is 60.9 Å². The Hall–Kier alpha value is -2.25. The van der Waals surface area contributed by atoms with Gasteiger partial charge in [-0.1, -0.05) is 11.2 Å². The summed E-state index contributed by atoms with van der Waals surface area (Å²) in [6, 6.07) is 7.59. The lowest BCUT2D eigenvalue weighted by Gasteiger charge is -2.01. The van der Waals surface area contributed by atoms with Gasteiger partial charge in [-0.25, -0.2) is 4.98 Å². The lowest BCUT2D eigenvalue weighted by Crippen LogP contribution is -2.20. The molecule has 4 aromatic rings. The van der Waals surface area contributed by atoms with Crippen LogP contribution in [-0.4, -0.2) is 14.7 Å². The standard InChI is InChI=1S/C14H9N3O2S2/c18-14-10-3-5-21-13(10)15-8-17(14)7-9-6-11(19-16-9)12-2-1-4-20-12/h1-6,8H,7H2. The van der Waals surface area contributed by atoms with Crippen LogP contribution in [-0.2, 0) is 6.54 Å². The van der Waals surface area contributed by atoms with Gasteiger partial charge in [-0.2, -0.15) is 0 Å². The molecule has 0 unspecified atom stereocenters. The van der Waals surface area contributed by atoms with Gasteiger partial charge in [0, 0.05) is 6.07 Å². The van der Waals surface area contributed by atoms with Gasteiger partial charge in [0.25, 0.3) is 5.56 Å². The lowest BCUT2D eigenvalue weighted by molar-refractivity contribution is 0.421. The quantitative estimate of drug-likeness (QED) is 0.582. The molecule has 0 radical (unpaired) electrons. The third kappa shape index (κ3) is 2.20. The molecule has 104 valence electrons. The van der Waals surface area contributed by atoms with Gasteiger partial charge in [-0.15, -0.1) is 22.7 Å². The van der Waals surface area contributed by atoms with E-state index in [0.717, 1.165) is 15.5 Å². The van der Waals surface area contributed by atoms with E-state index in [4.69, 9.17) is 4.52 Å². The predicted molar refractivity (Wildman–Crippen MR) is 82.8 cm³/mol. The average Bonchev–Trinajstić information content (AvgIpc) is 3.21. The summed E-state index contributed by atoms with van der Waals surface area (Å²) in [6.45, 7) is 0.354. The zero-order chi connectivity index (χ0) is 14.2. The Morgan fingerprint density at radius 3 is 3.05 bits per heavy atom. The van der Waals surface area contributed by atoms with Crippen LogP contribution in [0, 0.1) is 0 Å². The van der Waals surface area contributed by atoms with Crippen molar-refractivity contribution < 1.29 is 4.52 Å². The van der Waals surface area contributed by atoms with Gasteiger partial charge in [-0.3, -0.25) is 9.36 Å². The second-order valence-corrected chi connectivity index (χ2v) is 6.32. The van der Waals surface area contributed by atoms with Crippen molar-refractivity contribution in [3.63, 3.8) is 0 Å². The third-order valence-corrected chi connectivity index (χ3v) is 4.81. The van der Waals surface area contributed by atoms with Crippen LogP contribution < -0.4 is 5.56 Å². The molecule has 4 heterocycles. The highest BCUT2D eigenvalue weighted by Gasteiger charge is 2.10. The first kappa shape index (κ1) is 12.5. The number of rotatable bonds is 3. The predicted octanol–water partition coefficient (Wildman–Crippen LogP) is 3.22. The Kier molecular flexibility index (Phi) is 2.94. The number of hydrogen-bond acceptors (Lipinski definition) is 6. The highest BCUT2D eigenvalue weighted by molar-refractivity contribution is 7.16. The van der Waals surface area contributed by atoms with Crippen LogP contribution in [0.4, 0.5) is 0 Å². The van der Waals surface area contributed by atoms with Gasteiger partial charge in [-0.05, 0) is 22.9 Å². The first-order valence-electron chi connectivity index (χ1n) is 6.23. The van der Waals surface area contributed by atoms with Gasteiger partial charge in [0.15, 0.2) is 5.76 Å². The van der Waals surface area contributed by atoms with Crippen LogP contribution in [0.15, 0.2) is 50.7 Å². The summed E-state index contributed by atoms with van der Waals surface area (Å²) in [5.74, 6) is 0.720. The van der Waals surface area contributed by atoms with Crippen molar-refractivity contribution in [3.05, 3.63) is 57.4 Å². The zero-order valence-corrected chi connectivity index (χ0v) is 12.4. The molecular formula is C14H9N3O2S2. The summed E-state index contributed by atoms with van der Waals surface area (Å²) < 4.78 is 6.87. The van der Waals surface area contributed by atoms with Gasteiger partial charge >= 0.3 is 0 Å². The van der Waals surface area contributed by atoms with E-state index in [2.05, 4.69) is 10.1 Å². The monoisotopic (exact) mass is 315 g/mol. The highest BCUT2D eigenvalue weighted by Crippen LogP contribution is 2.25. The molecule has 0 aromatic carbocycles. The van der Waals surface area contributed by atoms with Crippen LogP contribution in [0.5, 0.6) is 0 Å². The highest BCUT2D eigenvalue weighted by atomic mass is 32.1. The normalized spacial score (nSPS) is 11.2. The number of fused-ring (bicyclic) bond motifs is 1. The molecule has 0 amide bonds. The van der Waals surface area contributed by atoms with Crippen molar-refractivity contribution in [2.45, 2.75) is 6.54 Å². The minimum Gasteiger partial charge on any atom is -0.355 e. The van der Waals surface area contributed by atoms with Crippen molar-refractivity contribution in [2.75, 3.05) is 0 Å². The van der Waals surface area contributed by atoms with E-state index in [1.807, 2.05) is 29.0 Å². The molecule has 0 aliphatic heterocycles. The van der Waals surface area contributed by atoms with E-state index < -0.39 is 0 Å². The summed E-state index contributed by atoms with van der Waals surface area (Å²) in [5, 5.41) is 8.52. The molecule has 0 N–H and O–H groups in total. The molecule has 5 nitrogen and oxygen atoms in total. The molecule has 4 rings (SSSR count). The summed E-state index contributed by atoms with van der Waals surface area (Å²) in [5.41, 5.74) is 0.652. The Morgan fingerprint density at radius 2 is 2.19 bits per heavy atom. The first-order chi connectivity index (χ1) is 10.3. The number of thiophene rings is 2. The SMILES string of the molecule is O=c1c2ccsc2ncn1Cc1cc(-c2cccs2)on1. The van der Waals surface area contributed by atoms with E-state index >= 15 is 0 Å². The Balaban J connectivity index is 1.68. The lowest BCUT2D eigenvalue weighted by atomic mass is 10.3. The van der Waals surface area contributed by atoms with Crippen LogP contribution >= 0.6 is 22.7 Å². The van der Waals surface area contributed by atoms with E-state index in [0.29, 0.717) is 17.6 Å². The Labute approximate surface area is 127 Å². The van der Waals surface area contributed by atoms with Gasteiger partial charge in [0.1, 0.15) is 10.5 Å². The minimum atomic E-state index is -0.0538. The largest absolute Gasteiger partial charge is 0.355 e. The molecule has 0 bridgehead atoms. The van der Waals surface area contributed by atoms with Crippen LogP contribution in [0.3, 0.4) is 0 Å². The fourth-order valence-electron chi connectivity index (χ4n) is 2.10. The second-order valence-electron chi connectivity index (χ2n) is 4.48. The molecule has 7 heteroatoms. The average molecular weight is 315 g/mol. The van der Waals surface area contributed by atoms with E-state index in [-0.39, 0.29) is 5.56 Å². The van der Waals surface area contributed by atoms with Crippen molar-refractivity contribution in [2.24, 2.45) is 0 Å². The van der Waals surface area contributed by atoms with Crippen LogP contribution in [0.1, 0.15) is 5.69 Å². The summed E-state index contributed by atoms with van der Waals surface area (Å²) in [4.78, 5) is 18.4. The van der Waals surface area contributed by atoms with E-state index in [1.54, 1.807) is 28.3 Å². The fraction of sp³-hybridized carbons (Fsp3) is 0.0714. The molecule has 0 aliphatic rings. The molecule has 0 atom stereocenters. The first-order valence-corrected chi connectivity index (χ1v) is 7.99.